The predicted molar refractivity (Wildman–Crippen MR) is 132 cm³/mol. The number of benzene rings is 2. The summed E-state index contributed by atoms with van der Waals surface area (Å²) < 4.78 is 0. The van der Waals surface area contributed by atoms with E-state index in [-0.39, 0.29) is 5.91 Å². The third-order valence-corrected chi connectivity index (χ3v) is 6.95. The largest absolute Gasteiger partial charge is 0.338 e. The Morgan fingerprint density at radius 1 is 1.03 bits per heavy atom. The Balaban J connectivity index is 1.38. The van der Waals surface area contributed by atoms with Gasteiger partial charge in [-0.3, -0.25) is 9.69 Å². The van der Waals surface area contributed by atoms with Crippen LogP contribution in [0.2, 0.25) is 0 Å². The smallest absolute Gasteiger partial charge is 0.228 e. The summed E-state index contributed by atoms with van der Waals surface area (Å²) in [4.78, 5) is 24.5. The van der Waals surface area contributed by atoms with E-state index in [1.165, 1.54) is 5.56 Å². The molecule has 0 atom stereocenters. The zero-order valence-corrected chi connectivity index (χ0v) is 19.9. The molecule has 0 saturated carbocycles. The molecule has 168 valence electrons. The quantitative estimate of drug-likeness (QED) is 0.519. The minimum atomic E-state index is 0.122. The van der Waals surface area contributed by atoms with E-state index < -0.39 is 0 Å². The topological polar surface area (TPSA) is 39.7 Å². The number of carbonyl (C=O) groups is 1. The molecule has 2 heterocycles. The Kier molecular flexibility index (Phi) is 7.68. The number of thiazole rings is 1. The molecule has 4 rings (SSSR count). The first-order valence-electron chi connectivity index (χ1n) is 11.4. The second-order valence-electron chi connectivity index (χ2n) is 8.49. The van der Waals surface area contributed by atoms with E-state index in [1.54, 1.807) is 11.3 Å². The van der Waals surface area contributed by atoms with Gasteiger partial charge >= 0.3 is 0 Å². The molecule has 2 aromatic carbocycles. The number of likely N-dealkylation sites (N-methyl/N-ethyl adjacent to an activating group) is 2. The molecule has 0 bridgehead atoms. The fourth-order valence-electron chi connectivity index (χ4n) is 4.03. The number of hydrogen-bond donors (Lipinski definition) is 0. The number of nitrogens with zero attached hydrogens (tertiary/aromatic N) is 4. The average molecular weight is 449 g/mol. The van der Waals surface area contributed by atoms with Crippen molar-refractivity contribution >= 4 is 17.2 Å². The number of rotatable bonds is 8. The number of carbonyl (C=O) groups excluding carboxylic acids is 1. The standard InChI is InChI=1S/C26H32N4OS/c1-3-30(19-21-8-5-4-6-9-21)25(31)17-24-20-32-26(27-24)23-11-7-10-22(16-23)18-29-14-12-28(2)13-15-29/h4-11,16,20H,3,12-15,17-19H2,1-2H3. The number of aromatic nitrogens is 1. The van der Waals surface area contributed by atoms with E-state index in [9.17, 15) is 4.79 Å². The van der Waals surface area contributed by atoms with Crippen molar-refractivity contribution in [2.45, 2.75) is 26.4 Å². The zero-order chi connectivity index (χ0) is 22.3. The molecule has 0 spiro atoms. The van der Waals surface area contributed by atoms with Gasteiger partial charge in [0, 0.05) is 56.8 Å². The highest BCUT2D eigenvalue weighted by atomic mass is 32.1. The molecule has 6 heteroatoms. The highest BCUT2D eigenvalue weighted by Gasteiger charge is 2.16. The Morgan fingerprint density at radius 2 is 1.78 bits per heavy atom. The molecular formula is C26H32N4OS. The van der Waals surface area contributed by atoms with Gasteiger partial charge in [-0.2, -0.15) is 0 Å². The summed E-state index contributed by atoms with van der Waals surface area (Å²) in [6.07, 6.45) is 0.345. The molecule has 0 N–H and O–H groups in total. The molecular weight excluding hydrogens is 416 g/mol. The summed E-state index contributed by atoms with van der Waals surface area (Å²) in [6, 6.07) is 18.8. The molecule has 0 aliphatic carbocycles. The summed E-state index contributed by atoms with van der Waals surface area (Å²) in [7, 11) is 2.18. The van der Waals surface area contributed by atoms with Crippen LogP contribution in [-0.2, 0) is 24.3 Å². The van der Waals surface area contributed by atoms with Gasteiger partial charge in [-0.25, -0.2) is 4.98 Å². The molecule has 1 aliphatic rings. The van der Waals surface area contributed by atoms with Crippen molar-refractivity contribution < 1.29 is 4.79 Å². The fraction of sp³-hybridized carbons (Fsp3) is 0.385. The minimum absolute atomic E-state index is 0.122. The van der Waals surface area contributed by atoms with Crippen molar-refractivity contribution in [1.82, 2.24) is 19.7 Å². The monoisotopic (exact) mass is 448 g/mol. The first-order chi connectivity index (χ1) is 15.6. The number of hydrogen-bond acceptors (Lipinski definition) is 5. The van der Waals surface area contributed by atoms with E-state index in [1.807, 2.05) is 35.4 Å². The maximum atomic E-state index is 12.9. The van der Waals surface area contributed by atoms with E-state index in [0.717, 1.165) is 54.6 Å². The molecule has 3 aromatic rings. The van der Waals surface area contributed by atoms with E-state index in [0.29, 0.717) is 19.5 Å². The van der Waals surface area contributed by atoms with Crippen LogP contribution in [0.25, 0.3) is 10.6 Å². The molecule has 5 nitrogen and oxygen atoms in total. The minimum Gasteiger partial charge on any atom is -0.338 e. The summed E-state index contributed by atoms with van der Waals surface area (Å²) in [5.41, 5.74) is 4.46. The Morgan fingerprint density at radius 3 is 2.53 bits per heavy atom. The van der Waals surface area contributed by atoms with Gasteiger partial charge in [-0.1, -0.05) is 48.5 Å². The zero-order valence-electron chi connectivity index (χ0n) is 19.0. The van der Waals surface area contributed by atoms with Gasteiger partial charge in [-0.15, -0.1) is 11.3 Å². The highest BCUT2D eigenvalue weighted by molar-refractivity contribution is 7.13. The van der Waals surface area contributed by atoms with Crippen molar-refractivity contribution in [3.63, 3.8) is 0 Å². The first-order valence-corrected chi connectivity index (χ1v) is 12.2. The van der Waals surface area contributed by atoms with Crippen LogP contribution in [0.15, 0.2) is 60.0 Å². The fourth-order valence-corrected chi connectivity index (χ4v) is 4.85. The van der Waals surface area contributed by atoms with E-state index in [2.05, 4.69) is 53.2 Å². The van der Waals surface area contributed by atoms with Gasteiger partial charge < -0.3 is 9.80 Å². The van der Waals surface area contributed by atoms with Gasteiger partial charge in [0.05, 0.1) is 12.1 Å². The lowest BCUT2D eigenvalue weighted by atomic mass is 10.1. The second kappa shape index (κ2) is 10.9. The lowest BCUT2D eigenvalue weighted by Crippen LogP contribution is -2.43. The van der Waals surface area contributed by atoms with Crippen molar-refractivity contribution in [1.29, 1.82) is 0 Å². The average Bonchev–Trinajstić information content (AvgIpc) is 3.28. The van der Waals surface area contributed by atoms with Crippen molar-refractivity contribution in [2.75, 3.05) is 39.8 Å². The molecule has 1 saturated heterocycles. The van der Waals surface area contributed by atoms with Crippen LogP contribution in [-0.4, -0.2) is 65.4 Å². The molecule has 1 aromatic heterocycles. The Labute approximate surface area is 195 Å². The number of piperazine rings is 1. The van der Waals surface area contributed by atoms with Crippen LogP contribution in [0.5, 0.6) is 0 Å². The summed E-state index contributed by atoms with van der Waals surface area (Å²) in [5.74, 6) is 0.122. The first kappa shape index (κ1) is 22.6. The molecule has 1 aliphatic heterocycles. The van der Waals surface area contributed by atoms with Crippen LogP contribution < -0.4 is 0 Å². The summed E-state index contributed by atoms with van der Waals surface area (Å²) >= 11 is 1.62. The van der Waals surface area contributed by atoms with Gasteiger partial charge in [0.2, 0.25) is 5.91 Å². The normalized spacial score (nSPS) is 15.1. The van der Waals surface area contributed by atoms with Gasteiger partial charge in [-0.05, 0) is 31.2 Å². The van der Waals surface area contributed by atoms with Crippen LogP contribution in [0.3, 0.4) is 0 Å². The van der Waals surface area contributed by atoms with Gasteiger partial charge in [0.15, 0.2) is 0 Å². The van der Waals surface area contributed by atoms with Crippen LogP contribution in [0.1, 0.15) is 23.7 Å². The predicted octanol–water partition coefficient (Wildman–Crippen LogP) is 4.15. The lowest BCUT2D eigenvalue weighted by Gasteiger charge is -2.32. The second-order valence-corrected chi connectivity index (χ2v) is 9.35. The third-order valence-electron chi connectivity index (χ3n) is 6.01. The van der Waals surface area contributed by atoms with Gasteiger partial charge in [0.25, 0.3) is 0 Å². The molecule has 0 unspecified atom stereocenters. The van der Waals surface area contributed by atoms with E-state index in [4.69, 9.17) is 4.98 Å². The Bertz CT molecular complexity index is 1010. The Hall–Kier alpha value is -2.54. The third kappa shape index (κ3) is 6.03. The van der Waals surface area contributed by atoms with Crippen LogP contribution >= 0.6 is 11.3 Å². The lowest BCUT2D eigenvalue weighted by molar-refractivity contribution is -0.130. The summed E-state index contributed by atoms with van der Waals surface area (Å²) in [5, 5.41) is 3.01. The number of amides is 1. The van der Waals surface area contributed by atoms with Crippen LogP contribution in [0, 0.1) is 0 Å². The molecule has 1 amide bonds. The molecule has 0 radical (unpaired) electrons. The summed E-state index contributed by atoms with van der Waals surface area (Å²) in [6.45, 7) is 8.82. The van der Waals surface area contributed by atoms with Gasteiger partial charge in [0.1, 0.15) is 5.01 Å². The van der Waals surface area contributed by atoms with Crippen molar-refractivity contribution in [3.05, 3.63) is 76.8 Å². The van der Waals surface area contributed by atoms with Crippen LogP contribution in [0.4, 0.5) is 0 Å². The molecule has 1 fully saturated rings. The highest BCUT2D eigenvalue weighted by Crippen LogP contribution is 2.25. The van der Waals surface area contributed by atoms with E-state index >= 15 is 0 Å². The van der Waals surface area contributed by atoms with Crippen molar-refractivity contribution in [2.24, 2.45) is 0 Å². The molecule has 32 heavy (non-hydrogen) atoms. The maximum absolute atomic E-state index is 12.9. The van der Waals surface area contributed by atoms with Crippen molar-refractivity contribution in [3.8, 4) is 10.6 Å². The maximum Gasteiger partial charge on any atom is 0.228 e. The SMILES string of the molecule is CCN(Cc1ccccc1)C(=O)Cc1csc(-c2cccc(CN3CCN(C)CC3)c2)n1.